The summed E-state index contributed by atoms with van der Waals surface area (Å²) in [7, 11) is 0. The van der Waals surface area contributed by atoms with Crippen LogP contribution in [0, 0.1) is 11.3 Å². The number of hydrogen-bond acceptors (Lipinski definition) is 3. The molecule has 0 spiro atoms. The summed E-state index contributed by atoms with van der Waals surface area (Å²) in [4.78, 5) is 11.4. The third kappa shape index (κ3) is 3.67. The summed E-state index contributed by atoms with van der Waals surface area (Å²) in [5, 5.41) is 13.8. The highest BCUT2D eigenvalue weighted by molar-refractivity contribution is 9.10. The molecule has 0 aliphatic heterocycles. The molecule has 1 amide bonds. The van der Waals surface area contributed by atoms with E-state index in [2.05, 4.69) is 21.0 Å². The Morgan fingerprint density at radius 2 is 1.96 bits per heavy atom. The lowest BCUT2D eigenvalue weighted by atomic mass is 10.1. The van der Waals surface area contributed by atoms with Gasteiger partial charge in [-0.3, -0.25) is 4.79 Å². The average molecular weight is 393 g/mol. The van der Waals surface area contributed by atoms with Crippen molar-refractivity contribution >= 4 is 27.9 Å². The smallest absolute Gasteiger partial charge is 0.259 e. The van der Waals surface area contributed by atoms with Crippen molar-refractivity contribution in [2.45, 2.75) is 0 Å². The Bertz CT molecular complexity index is 1000. The number of para-hydroxylation sites is 1. The first-order valence-corrected chi connectivity index (χ1v) is 8.20. The van der Waals surface area contributed by atoms with Gasteiger partial charge < -0.3 is 5.73 Å². The molecule has 0 saturated heterocycles. The number of amides is 1. The van der Waals surface area contributed by atoms with Crippen LogP contribution in [-0.2, 0) is 4.79 Å². The summed E-state index contributed by atoms with van der Waals surface area (Å²) in [5.41, 5.74) is 8.16. The number of hydrogen-bond donors (Lipinski definition) is 1. The first-order valence-electron chi connectivity index (χ1n) is 7.41. The fraction of sp³-hybridized carbons (Fsp3) is 0. The minimum atomic E-state index is -0.768. The van der Waals surface area contributed by atoms with Crippen molar-refractivity contribution in [3.63, 3.8) is 0 Å². The van der Waals surface area contributed by atoms with Gasteiger partial charge in [0.2, 0.25) is 0 Å². The maximum Gasteiger partial charge on any atom is 0.259 e. The van der Waals surface area contributed by atoms with Gasteiger partial charge in [0.15, 0.2) is 0 Å². The molecule has 1 heterocycles. The number of nitrogens with zero attached hydrogens (tertiary/aromatic N) is 3. The van der Waals surface area contributed by atoms with E-state index in [1.807, 2.05) is 60.7 Å². The molecule has 2 N–H and O–H groups in total. The van der Waals surface area contributed by atoms with E-state index >= 15 is 0 Å². The summed E-state index contributed by atoms with van der Waals surface area (Å²) in [6.45, 7) is 0. The predicted molar refractivity (Wildman–Crippen MR) is 99.5 cm³/mol. The first-order chi connectivity index (χ1) is 12.1. The van der Waals surface area contributed by atoms with E-state index in [4.69, 9.17) is 11.0 Å². The number of primary amides is 1. The topological polar surface area (TPSA) is 84.7 Å². The van der Waals surface area contributed by atoms with Gasteiger partial charge in [-0.1, -0.05) is 46.3 Å². The molecule has 3 aromatic rings. The van der Waals surface area contributed by atoms with Crippen molar-refractivity contribution in [2.24, 2.45) is 5.73 Å². The second-order valence-corrected chi connectivity index (χ2v) is 6.17. The number of carbonyl (C=O) groups excluding carboxylic acids is 1. The molecular weight excluding hydrogens is 380 g/mol. The van der Waals surface area contributed by atoms with Crippen molar-refractivity contribution < 1.29 is 4.79 Å². The van der Waals surface area contributed by atoms with Crippen molar-refractivity contribution in [1.82, 2.24) is 9.78 Å². The van der Waals surface area contributed by atoms with Crippen LogP contribution in [0.15, 0.2) is 70.8 Å². The molecule has 6 heteroatoms. The van der Waals surface area contributed by atoms with Crippen LogP contribution < -0.4 is 5.73 Å². The van der Waals surface area contributed by atoms with Gasteiger partial charge in [-0.25, -0.2) is 4.68 Å². The molecule has 0 aliphatic rings. The highest BCUT2D eigenvalue weighted by Gasteiger charge is 2.13. The van der Waals surface area contributed by atoms with Crippen LogP contribution in [0.5, 0.6) is 0 Å². The van der Waals surface area contributed by atoms with E-state index in [0.29, 0.717) is 11.3 Å². The SMILES string of the molecule is N#C/C(=C\c1cn(-c2ccccc2)nc1-c1cccc(Br)c1)C(N)=O. The van der Waals surface area contributed by atoms with Crippen LogP contribution in [0.3, 0.4) is 0 Å². The zero-order chi connectivity index (χ0) is 17.8. The molecule has 0 fully saturated rings. The van der Waals surface area contributed by atoms with Crippen LogP contribution in [-0.4, -0.2) is 15.7 Å². The number of nitrogens with two attached hydrogens (primary N) is 1. The molecule has 2 aromatic carbocycles. The summed E-state index contributed by atoms with van der Waals surface area (Å²) < 4.78 is 2.61. The van der Waals surface area contributed by atoms with E-state index in [-0.39, 0.29) is 5.57 Å². The van der Waals surface area contributed by atoms with Gasteiger partial charge in [0.1, 0.15) is 17.3 Å². The molecule has 0 bridgehead atoms. The van der Waals surface area contributed by atoms with Crippen molar-refractivity contribution in [2.75, 3.05) is 0 Å². The lowest BCUT2D eigenvalue weighted by Crippen LogP contribution is -2.12. The second-order valence-electron chi connectivity index (χ2n) is 5.26. The van der Waals surface area contributed by atoms with Crippen LogP contribution in [0.2, 0.25) is 0 Å². The number of rotatable bonds is 4. The Kier molecular flexibility index (Phi) is 4.78. The second kappa shape index (κ2) is 7.16. The monoisotopic (exact) mass is 392 g/mol. The van der Waals surface area contributed by atoms with Crippen molar-refractivity contribution in [1.29, 1.82) is 5.26 Å². The summed E-state index contributed by atoms with van der Waals surface area (Å²) >= 11 is 3.45. The fourth-order valence-corrected chi connectivity index (χ4v) is 2.78. The summed E-state index contributed by atoms with van der Waals surface area (Å²) in [5.74, 6) is -0.768. The molecule has 3 rings (SSSR count). The average Bonchev–Trinajstić information content (AvgIpc) is 3.04. The zero-order valence-electron chi connectivity index (χ0n) is 13.1. The zero-order valence-corrected chi connectivity index (χ0v) is 14.6. The van der Waals surface area contributed by atoms with Gasteiger partial charge in [-0.05, 0) is 30.3 Å². The molecule has 0 aliphatic carbocycles. The van der Waals surface area contributed by atoms with Gasteiger partial charge in [0.25, 0.3) is 5.91 Å². The number of benzene rings is 2. The maximum absolute atomic E-state index is 11.4. The minimum Gasteiger partial charge on any atom is -0.365 e. The van der Waals surface area contributed by atoms with Gasteiger partial charge in [0.05, 0.1) is 5.69 Å². The third-order valence-electron chi connectivity index (χ3n) is 3.55. The van der Waals surface area contributed by atoms with Crippen LogP contribution in [0.1, 0.15) is 5.56 Å². The van der Waals surface area contributed by atoms with Crippen LogP contribution in [0.4, 0.5) is 0 Å². The number of aromatic nitrogens is 2. The lowest BCUT2D eigenvalue weighted by molar-refractivity contribution is -0.114. The number of carbonyl (C=O) groups is 1. The van der Waals surface area contributed by atoms with Gasteiger partial charge in [0, 0.05) is 21.8 Å². The molecule has 5 nitrogen and oxygen atoms in total. The fourth-order valence-electron chi connectivity index (χ4n) is 2.38. The van der Waals surface area contributed by atoms with E-state index < -0.39 is 5.91 Å². The summed E-state index contributed by atoms with van der Waals surface area (Å²) in [6.07, 6.45) is 3.23. The number of halogens is 1. The predicted octanol–water partition coefficient (Wildman–Crippen LogP) is 3.69. The molecule has 122 valence electrons. The van der Waals surface area contributed by atoms with E-state index in [1.165, 1.54) is 6.08 Å². The minimum absolute atomic E-state index is 0.121. The number of nitriles is 1. The van der Waals surface area contributed by atoms with Crippen molar-refractivity contribution in [3.05, 3.63) is 76.4 Å². The Morgan fingerprint density at radius 1 is 1.20 bits per heavy atom. The van der Waals surface area contributed by atoms with Gasteiger partial charge in [-0.15, -0.1) is 0 Å². The highest BCUT2D eigenvalue weighted by Crippen LogP contribution is 2.27. The molecule has 0 saturated carbocycles. The third-order valence-corrected chi connectivity index (χ3v) is 4.04. The van der Waals surface area contributed by atoms with Crippen molar-refractivity contribution in [3.8, 4) is 23.0 Å². The largest absolute Gasteiger partial charge is 0.365 e. The highest BCUT2D eigenvalue weighted by atomic mass is 79.9. The first kappa shape index (κ1) is 16.7. The Morgan fingerprint density at radius 3 is 2.60 bits per heavy atom. The summed E-state index contributed by atoms with van der Waals surface area (Å²) in [6, 6.07) is 19.1. The molecular formula is C19H13BrN4O. The molecule has 1 aromatic heterocycles. The Balaban J connectivity index is 2.20. The molecule has 0 unspecified atom stereocenters. The lowest BCUT2D eigenvalue weighted by Gasteiger charge is -2.01. The maximum atomic E-state index is 11.4. The standard InChI is InChI=1S/C19H13BrN4O/c20-16-6-4-5-13(10-16)18-15(9-14(11-21)19(22)25)12-24(23-18)17-7-2-1-3-8-17/h1-10,12H,(H2,22,25)/b14-9+. The van der Waals surface area contributed by atoms with Crippen LogP contribution >= 0.6 is 15.9 Å². The quantitative estimate of drug-likeness (QED) is 0.542. The normalized spacial score (nSPS) is 11.1. The molecule has 25 heavy (non-hydrogen) atoms. The van der Waals surface area contributed by atoms with E-state index in [9.17, 15) is 4.79 Å². The van der Waals surface area contributed by atoms with Crippen LogP contribution in [0.25, 0.3) is 23.0 Å². The Labute approximate surface area is 153 Å². The van der Waals surface area contributed by atoms with E-state index in [1.54, 1.807) is 10.9 Å². The van der Waals surface area contributed by atoms with Gasteiger partial charge >= 0.3 is 0 Å². The molecule has 0 radical (unpaired) electrons. The molecule has 0 atom stereocenters. The Hall–Kier alpha value is -3.17. The van der Waals surface area contributed by atoms with Gasteiger partial charge in [-0.2, -0.15) is 10.4 Å². The van der Waals surface area contributed by atoms with E-state index in [0.717, 1.165) is 15.7 Å².